The standard InChI is InChI=1S/C15H20N4S2/c1-17-4-6-18(7-5-17)8-9-19-12-21-15-10-13(20-11-16)2-3-14(15)19/h2-3,10H,4-9,12H2,1H3. The zero-order valence-corrected chi connectivity index (χ0v) is 13.9. The quantitative estimate of drug-likeness (QED) is 0.626. The Morgan fingerprint density at radius 3 is 2.81 bits per heavy atom. The smallest absolute Gasteiger partial charge is 0.138 e. The van der Waals surface area contributed by atoms with Gasteiger partial charge in [0, 0.05) is 49.1 Å². The zero-order chi connectivity index (χ0) is 14.7. The fraction of sp³-hybridized carbons (Fsp3) is 0.533. The first-order chi connectivity index (χ1) is 10.3. The predicted molar refractivity (Wildman–Crippen MR) is 89.9 cm³/mol. The minimum absolute atomic E-state index is 1.03. The number of likely N-dealkylation sites (N-methyl/N-ethyl adjacent to an activating group) is 1. The van der Waals surface area contributed by atoms with Crippen molar-refractivity contribution in [3.63, 3.8) is 0 Å². The van der Waals surface area contributed by atoms with E-state index in [-0.39, 0.29) is 0 Å². The highest BCUT2D eigenvalue weighted by Gasteiger charge is 2.21. The first kappa shape index (κ1) is 15.0. The number of benzene rings is 1. The summed E-state index contributed by atoms with van der Waals surface area (Å²) in [5.74, 6) is 1.03. The molecule has 4 nitrogen and oxygen atoms in total. The molecule has 2 aliphatic rings. The van der Waals surface area contributed by atoms with Crippen molar-refractivity contribution in [1.29, 1.82) is 5.26 Å². The van der Waals surface area contributed by atoms with Gasteiger partial charge in [-0.15, -0.1) is 11.8 Å². The average Bonchev–Trinajstić information content (AvgIpc) is 2.89. The first-order valence-corrected chi connectivity index (χ1v) is 9.05. The van der Waals surface area contributed by atoms with Crippen LogP contribution >= 0.6 is 23.5 Å². The molecule has 0 spiro atoms. The van der Waals surface area contributed by atoms with Gasteiger partial charge in [-0.1, -0.05) is 0 Å². The van der Waals surface area contributed by atoms with Gasteiger partial charge in [-0.05, 0) is 37.0 Å². The number of nitrogens with zero attached hydrogens (tertiary/aromatic N) is 4. The van der Waals surface area contributed by atoms with Gasteiger partial charge in [0.15, 0.2) is 0 Å². The Balaban J connectivity index is 1.56. The Hall–Kier alpha value is -0.870. The number of rotatable bonds is 4. The average molecular weight is 320 g/mol. The minimum Gasteiger partial charge on any atom is -0.360 e. The Kier molecular flexibility index (Phi) is 4.96. The number of fused-ring (bicyclic) bond motifs is 1. The molecule has 1 saturated heterocycles. The Morgan fingerprint density at radius 1 is 1.24 bits per heavy atom. The van der Waals surface area contributed by atoms with E-state index in [1.54, 1.807) is 0 Å². The van der Waals surface area contributed by atoms with E-state index in [1.165, 1.54) is 48.5 Å². The zero-order valence-electron chi connectivity index (χ0n) is 12.3. The normalized spacial score (nSPS) is 19.5. The number of hydrogen-bond donors (Lipinski definition) is 0. The topological polar surface area (TPSA) is 33.5 Å². The van der Waals surface area contributed by atoms with Gasteiger partial charge in [0.25, 0.3) is 0 Å². The number of piperazine rings is 1. The van der Waals surface area contributed by atoms with Gasteiger partial charge in [-0.3, -0.25) is 4.90 Å². The van der Waals surface area contributed by atoms with Gasteiger partial charge in [0.05, 0.1) is 11.6 Å². The number of thiocyanates is 1. The van der Waals surface area contributed by atoms with E-state index in [0.29, 0.717) is 0 Å². The van der Waals surface area contributed by atoms with Crippen LogP contribution < -0.4 is 4.90 Å². The predicted octanol–water partition coefficient (Wildman–Crippen LogP) is 2.38. The van der Waals surface area contributed by atoms with Crippen LogP contribution in [0.2, 0.25) is 0 Å². The van der Waals surface area contributed by atoms with Crippen LogP contribution in [0.4, 0.5) is 5.69 Å². The number of thioether (sulfide) groups is 2. The fourth-order valence-corrected chi connectivity index (χ4v) is 4.33. The molecule has 1 aromatic carbocycles. The molecule has 112 valence electrons. The molecule has 0 unspecified atom stereocenters. The van der Waals surface area contributed by atoms with Crippen molar-refractivity contribution in [3.05, 3.63) is 18.2 Å². The van der Waals surface area contributed by atoms with Gasteiger partial charge in [0.2, 0.25) is 0 Å². The first-order valence-electron chi connectivity index (χ1n) is 7.25. The van der Waals surface area contributed by atoms with Crippen LogP contribution in [0.15, 0.2) is 28.0 Å². The van der Waals surface area contributed by atoms with E-state index < -0.39 is 0 Å². The molecule has 0 aromatic heterocycles. The second-order valence-electron chi connectivity index (χ2n) is 5.50. The van der Waals surface area contributed by atoms with Crippen molar-refractivity contribution in [1.82, 2.24) is 9.80 Å². The molecular weight excluding hydrogens is 300 g/mol. The number of anilines is 1. The van der Waals surface area contributed by atoms with Crippen LogP contribution in [-0.2, 0) is 0 Å². The second-order valence-corrected chi connectivity index (χ2v) is 7.35. The molecule has 0 amide bonds. The molecule has 0 bridgehead atoms. The maximum absolute atomic E-state index is 8.75. The van der Waals surface area contributed by atoms with Crippen LogP contribution in [0.5, 0.6) is 0 Å². The van der Waals surface area contributed by atoms with E-state index in [4.69, 9.17) is 5.26 Å². The van der Waals surface area contributed by atoms with E-state index in [2.05, 4.69) is 45.3 Å². The Bertz CT molecular complexity index is 535. The summed E-state index contributed by atoms with van der Waals surface area (Å²) in [6.45, 7) is 6.96. The SMILES string of the molecule is CN1CCN(CCN2CSc3cc(SC#N)ccc32)CC1. The Labute approximate surface area is 135 Å². The third kappa shape index (κ3) is 3.67. The van der Waals surface area contributed by atoms with Gasteiger partial charge >= 0.3 is 0 Å². The highest BCUT2D eigenvalue weighted by Crippen LogP contribution is 2.40. The number of nitriles is 1. The van der Waals surface area contributed by atoms with Crippen molar-refractivity contribution in [2.45, 2.75) is 9.79 Å². The van der Waals surface area contributed by atoms with Crippen LogP contribution in [0.25, 0.3) is 0 Å². The van der Waals surface area contributed by atoms with Crippen LogP contribution in [-0.4, -0.2) is 62.0 Å². The number of hydrogen-bond acceptors (Lipinski definition) is 6. The summed E-state index contributed by atoms with van der Waals surface area (Å²) in [7, 11) is 2.20. The van der Waals surface area contributed by atoms with Gasteiger partial charge in [-0.2, -0.15) is 5.26 Å². The lowest BCUT2D eigenvalue weighted by Crippen LogP contribution is -2.46. The fourth-order valence-electron chi connectivity index (χ4n) is 2.72. The van der Waals surface area contributed by atoms with Crippen molar-refractivity contribution in [2.75, 3.05) is 57.1 Å². The summed E-state index contributed by atoms with van der Waals surface area (Å²) < 4.78 is 0. The summed E-state index contributed by atoms with van der Waals surface area (Å²) >= 11 is 3.12. The van der Waals surface area contributed by atoms with Crippen LogP contribution in [0.3, 0.4) is 0 Å². The highest BCUT2D eigenvalue weighted by molar-refractivity contribution is 8.03. The molecule has 0 aliphatic carbocycles. The largest absolute Gasteiger partial charge is 0.360 e. The maximum Gasteiger partial charge on any atom is 0.138 e. The molecule has 0 N–H and O–H groups in total. The van der Waals surface area contributed by atoms with Crippen molar-refractivity contribution in [2.24, 2.45) is 0 Å². The minimum atomic E-state index is 1.03. The molecule has 1 fully saturated rings. The third-order valence-corrected chi connectivity index (χ3v) is 5.75. The van der Waals surface area contributed by atoms with Crippen molar-refractivity contribution < 1.29 is 0 Å². The van der Waals surface area contributed by atoms with Gasteiger partial charge in [-0.25, -0.2) is 0 Å². The van der Waals surface area contributed by atoms with E-state index in [0.717, 1.165) is 23.9 Å². The van der Waals surface area contributed by atoms with Crippen molar-refractivity contribution >= 4 is 29.2 Å². The third-order valence-electron chi connectivity index (χ3n) is 4.09. The molecule has 3 rings (SSSR count). The van der Waals surface area contributed by atoms with Crippen molar-refractivity contribution in [3.8, 4) is 5.40 Å². The molecular formula is C15H20N4S2. The molecule has 21 heavy (non-hydrogen) atoms. The lowest BCUT2D eigenvalue weighted by Gasteiger charge is -2.33. The van der Waals surface area contributed by atoms with Crippen LogP contribution in [0.1, 0.15) is 0 Å². The van der Waals surface area contributed by atoms with E-state index in [9.17, 15) is 0 Å². The van der Waals surface area contributed by atoms with E-state index in [1.807, 2.05) is 11.8 Å². The molecule has 2 aliphatic heterocycles. The second kappa shape index (κ2) is 6.93. The molecule has 0 radical (unpaired) electrons. The highest BCUT2D eigenvalue weighted by atomic mass is 32.2. The monoisotopic (exact) mass is 320 g/mol. The summed E-state index contributed by atoms with van der Waals surface area (Å²) in [6.07, 6.45) is 0. The van der Waals surface area contributed by atoms with Gasteiger partial charge < -0.3 is 9.80 Å². The lowest BCUT2D eigenvalue weighted by atomic mass is 10.3. The molecule has 0 atom stereocenters. The van der Waals surface area contributed by atoms with Gasteiger partial charge in [0.1, 0.15) is 5.40 Å². The van der Waals surface area contributed by atoms with Crippen LogP contribution in [0, 0.1) is 10.7 Å². The summed E-state index contributed by atoms with van der Waals surface area (Å²) in [5, 5.41) is 10.9. The molecule has 6 heteroatoms. The van der Waals surface area contributed by atoms with E-state index >= 15 is 0 Å². The summed E-state index contributed by atoms with van der Waals surface area (Å²) in [4.78, 5) is 9.77. The summed E-state index contributed by atoms with van der Waals surface area (Å²) in [5.41, 5.74) is 1.33. The summed E-state index contributed by atoms with van der Waals surface area (Å²) in [6, 6.07) is 6.37. The molecule has 0 saturated carbocycles. The maximum atomic E-state index is 8.75. The molecule has 2 heterocycles. The lowest BCUT2D eigenvalue weighted by molar-refractivity contribution is 0.157. The Morgan fingerprint density at radius 2 is 2.05 bits per heavy atom. The molecule has 1 aromatic rings.